The van der Waals surface area contributed by atoms with Crippen LogP contribution in [0.25, 0.3) is 6.08 Å². The third kappa shape index (κ3) is 3.20. The number of hydrogen-bond acceptors (Lipinski definition) is 1. The van der Waals surface area contributed by atoms with Gasteiger partial charge in [0, 0.05) is 6.21 Å². The highest BCUT2D eigenvalue weighted by molar-refractivity contribution is 5.83. The van der Waals surface area contributed by atoms with E-state index in [0.29, 0.717) is 0 Å². The number of nitrogens with zero attached hydrogens (tertiary/aromatic N) is 1. The Morgan fingerprint density at radius 3 is 2.44 bits per heavy atom. The van der Waals surface area contributed by atoms with Crippen molar-refractivity contribution in [3.05, 3.63) is 48.6 Å². The fourth-order valence-electron chi connectivity index (χ4n) is 1.12. The minimum absolute atomic E-state index is 0.0621. The van der Waals surface area contributed by atoms with Gasteiger partial charge in [0.25, 0.3) is 0 Å². The molecule has 0 aromatic heterocycles. The number of benzene rings is 1. The van der Waals surface area contributed by atoms with Gasteiger partial charge in [-0.1, -0.05) is 58.2 Å². The van der Waals surface area contributed by atoms with Gasteiger partial charge in [0.15, 0.2) is 0 Å². The molecule has 0 atom stereocenters. The Kier molecular flexibility index (Phi) is 3.83. The minimum atomic E-state index is 0.0621. The van der Waals surface area contributed by atoms with Crippen molar-refractivity contribution in [2.45, 2.75) is 20.8 Å². The van der Waals surface area contributed by atoms with Crippen molar-refractivity contribution in [1.29, 1.82) is 0 Å². The van der Waals surface area contributed by atoms with E-state index in [1.807, 2.05) is 36.6 Å². The molecule has 1 rings (SSSR count). The quantitative estimate of drug-likeness (QED) is 0.649. The number of allylic oxidation sites excluding steroid dienone is 1. The van der Waals surface area contributed by atoms with Gasteiger partial charge in [-0.15, -0.1) is 0 Å². The fourth-order valence-corrected chi connectivity index (χ4v) is 1.12. The lowest BCUT2D eigenvalue weighted by atomic mass is 9.88. The molecule has 0 saturated heterocycles. The van der Waals surface area contributed by atoms with Crippen LogP contribution in [0, 0.1) is 5.41 Å². The Morgan fingerprint density at radius 2 is 1.88 bits per heavy atom. The van der Waals surface area contributed by atoms with E-state index >= 15 is 0 Å². The van der Waals surface area contributed by atoms with Gasteiger partial charge >= 0.3 is 0 Å². The van der Waals surface area contributed by atoms with Crippen LogP contribution >= 0.6 is 0 Å². The standard InChI is InChI=1S/C15H19N/c1-6-13-9-7-8-10-14(13)16-11-12(2)15(3,4)5/h6-11H,1-2H2,3-5H3. The molecule has 0 amide bonds. The van der Waals surface area contributed by atoms with Crippen molar-refractivity contribution in [2.75, 3.05) is 0 Å². The maximum atomic E-state index is 4.45. The molecule has 0 radical (unpaired) electrons. The lowest BCUT2D eigenvalue weighted by Gasteiger charge is -2.17. The second-order valence-corrected chi connectivity index (χ2v) is 4.80. The third-order valence-electron chi connectivity index (χ3n) is 2.48. The molecule has 0 fully saturated rings. The lowest BCUT2D eigenvalue weighted by molar-refractivity contribution is 0.528. The van der Waals surface area contributed by atoms with Crippen LogP contribution in [-0.2, 0) is 0 Å². The van der Waals surface area contributed by atoms with Gasteiger partial charge in [-0.25, -0.2) is 0 Å². The first-order chi connectivity index (χ1) is 7.45. The zero-order chi connectivity index (χ0) is 12.2. The summed E-state index contributed by atoms with van der Waals surface area (Å²) in [4.78, 5) is 4.45. The smallest absolute Gasteiger partial charge is 0.0701 e. The van der Waals surface area contributed by atoms with Crippen molar-refractivity contribution >= 4 is 18.0 Å². The number of para-hydroxylation sites is 1. The summed E-state index contributed by atoms with van der Waals surface area (Å²) in [5, 5.41) is 0. The summed E-state index contributed by atoms with van der Waals surface area (Å²) in [6.07, 6.45) is 3.65. The molecule has 1 nitrogen and oxygen atoms in total. The fraction of sp³-hybridized carbons (Fsp3) is 0.267. The van der Waals surface area contributed by atoms with E-state index in [0.717, 1.165) is 16.8 Å². The molecule has 1 heteroatoms. The average Bonchev–Trinajstić information content (AvgIpc) is 2.24. The molecule has 1 aromatic rings. The maximum Gasteiger partial charge on any atom is 0.0701 e. The van der Waals surface area contributed by atoms with Gasteiger partial charge in [0.05, 0.1) is 5.69 Å². The molecule has 0 aliphatic rings. The van der Waals surface area contributed by atoms with Gasteiger partial charge < -0.3 is 0 Å². The highest BCUT2D eigenvalue weighted by atomic mass is 14.7. The Hall–Kier alpha value is -1.63. The van der Waals surface area contributed by atoms with Crippen LogP contribution in [0.15, 0.2) is 48.0 Å². The molecular weight excluding hydrogens is 194 g/mol. The highest BCUT2D eigenvalue weighted by Crippen LogP contribution is 2.24. The summed E-state index contributed by atoms with van der Waals surface area (Å²) in [6.45, 7) is 14.2. The lowest BCUT2D eigenvalue weighted by Crippen LogP contribution is -2.08. The monoisotopic (exact) mass is 213 g/mol. The van der Waals surface area contributed by atoms with Crippen molar-refractivity contribution in [2.24, 2.45) is 10.4 Å². The second-order valence-electron chi connectivity index (χ2n) is 4.80. The average molecular weight is 213 g/mol. The summed E-state index contributed by atoms with van der Waals surface area (Å²) < 4.78 is 0. The van der Waals surface area contributed by atoms with E-state index in [2.05, 4.69) is 38.9 Å². The summed E-state index contributed by atoms with van der Waals surface area (Å²) >= 11 is 0. The Labute approximate surface area is 98.2 Å². The van der Waals surface area contributed by atoms with E-state index in [-0.39, 0.29) is 5.41 Å². The van der Waals surface area contributed by atoms with Crippen LogP contribution in [0.2, 0.25) is 0 Å². The van der Waals surface area contributed by atoms with Crippen molar-refractivity contribution < 1.29 is 0 Å². The molecule has 0 saturated carbocycles. The minimum Gasteiger partial charge on any atom is -0.256 e. The molecule has 0 spiro atoms. The molecule has 0 unspecified atom stereocenters. The van der Waals surface area contributed by atoms with E-state index in [1.165, 1.54) is 0 Å². The van der Waals surface area contributed by atoms with Crippen LogP contribution in [0.5, 0.6) is 0 Å². The normalized spacial score (nSPS) is 11.7. The molecule has 16 heavy (non-hydrogen) atoms. The Balaban J connectivity index is 2.93. The van der Waals surface area contributed by atoms with Crippen molar-refractivity contribution in [3.63, 3.8) is 0 Å². The highest BCUT2D eigenvalue weighted by Gasteiger charge is 2.12. The predicted molar refractivity (Wildman–Crippen MR) is 73.3 cm³/mol. The van der Waals surface area contributed by atoms with Crippen LogP contribution < -0.4 is 0 Å². The van der Waals surface area contributed by atoms with Crippen LogP contribution in [0.3, 0.4) is 0 Å². The molecule has 0 N–H and O–H groups in total. The number of hydrogen-bond donors (Lipinski definition) is 0. The second kappa shape index (κ2) is 4.93. The molecule has 0 aliphatic carbocycles. The Morgan fingerprint density at radius 1 is 1.25 bits per heavy atom. The van der Waals surface area contributed by atoms with Crippen molar-refractivity contribution in [3.8, 4) is 0 Å². The molecule has 84 valence electrons. The molecule has 0 aliphatic heterocycles. The van der Waals surface area contributed by atoms with Crippen LogP contribution in [0.4, 0.5) is 5.69 Å². The SMILES string of the molecule is C=Cc1ccccc1N=CC(=C)C(C)(C)C. The van der Waals surface area contributed by atoms with Crippen LogP contribution in [-0.4, -0.2) is 6.21 Å². The van der Waals surface area contributed by atoms with Gasteiger partial charge in [-0.3, -0.25) is 4.99 Å². The first-order valence-electron chi connectivity index (χ1n) is 5.40. The van der Waals surface area contributed by atoms with E-state index in [4.69, 9.17) is 0 Å². The molecular formula is C15H19N. The predicted octanol–water partition coefficient (Wildman–Crippen LogP) is 4.63. The number of rotatable bonds is 3. The van der Waals surface area contributed by atoms with Crippen LogP contribution in [0.1, 0.15) is 26.3 Å². The summed E-state index contributed by atoms with van der Waals surface area (Å²) in [5.74, 6) is 0. The summed E-state index contributed by atoms with van der Waals surface area (Å²) in [5.41, 5.74) is 3.06. The van der Waals surface area contributed by atoms with Gasteiger partial charge in [-0.2, -0.15) is 0 Å². The summed E-state index contributed by atoms with van der Waals surface area (Å²) in [6, 6.07) is 7.93. The Bertz CT molecular complexity index is 419. The zero-order valence-electron chi connectivity index (χ0n) is 10.3. The van der Waals surface area contributed by atoms with Gasteiger partial charge in [0.1, 0.15) is 0 Å². The number of aliphatic imine (C=N–C) groups is 1. The molecule has 0 bridgehead atoms. The molecule has 1 aromatic carbocycles. The van der Waals surface area contributed by atoms with Gasteiger partial charge in [-0.05, 0) is 22.6 Å². The van der Waals surface area contributed by atoms with E-state index in [1.54, 1.807) is 0 Å². The van der Waals surface area contributed by atoms with Crippen molar-refractivity contribution in [1.82, 2.24) is 0 Å². The maximum absolute atomic E-state index is 4.45. The summed E-state index contributed by atoms with van der Waals surface area (Å²) in [7, 11) is 0. The van der Waals surface area contributed by atoms with Gasteiger partial charge in [0.2, 0.25) is 0 Å². The first-order valence-corrected chi connectivity index (χ1v) is 5.40. The first kappa shape index (κ1) is 12.4. The van der Waals surface area contributed by atoms with E-state index in [9.17, 15) is 0 Å². The molecule has 0 heterocycles. The van der Waals surface area contributed by atoms with E-state index < -0.39 is 0 Å². The largest absolute Gasteiger partial charge is 0.256 e. The third-order valence-corrected chi connectivity index (χ3v) is 2.48. The topological polar surface area (TPSA) is 12.4 Å². The zero-order valence-corrected chi connectivity index (χ0v) is 10.3.